The van der Waals surface area contributed by atoms with Crippen molar-refractivity contribution in [3.05, 3.63) is 29.3 Å². The normalized spacial score (nSPS) is 14.2. The number of alkyl halides is 8. The van der Waals surface area contributed by atoms with Crippen molar-refractivity contribution in [1.82, 2.24) is 4.72 Å². The van der Waals surface area contributed by atoms with E-state index < -0.39 is 45.7 Å². The number of halogens is 9. The lowest BCUT2D eigenvalue weighted by Gasteiger charge is -2.32. The molecule has 0 bridgehead atoms. The second-order valence-electron chi connectivity index (χ2n) is 4.48. The van der Waals surface area contributed by atoms with Gasteiger partial charge in [-0.15, -0.1) is 0 Å². The van der Waals surface area contributed by atoms with Crippen LogP contribution in [0.1, 0.15) is 0 Å². The Bertz CT molecular complexity index is 678. The van der Waals surface area contributed by atoms with E-state index in [2.05, 4.69) is 0 Å². The number of benzene rings is 1. The van der Waals surface area contributed by atoms with Crippen LogP contribution < -0.4 is 4.72 Å². The van der Waals surface area contributed by atoms with E-state index in [0.717, 1.165) is 29.0 Å². The van der Waals surface area contributed by atoms with Crippen LogP contribution in [0.5, 0.6) is 0 Å². The van der Waals surface area contributed by atoms with Gasteiger partial charge in [0, 0.05) is 5.02 Å². The minimum atomic E-state index is -6.49. The lowest BCUT2D eigenvalue weighted by Crippen LogP contribution is -2.61. The van der Waals surface area contributed by atoms with Gasteiger partial charge in [0.1, 0.15) is 0 Å². The van der Waals surface area contributed by atoms with E-state index in [-0.39, 0.29) is 5.02 Å². The zero-order valence-electron chi connectivity index (χ0n) is 11.2. The molecular weight excluding hydrogens is 398 g/mol. The molecule has 3 nitrogen and oxygen atoms in total. The summed E-state index contributed by atoms with van der Waals surface area (Å²) >= 11 is 5.46. The molecule has 1 rings (SSSR count). The monoisotopic (exact) mass is 405 g/mol. The minimum absolute atomic E-state index is 0.0717. The van der Waals surface area contributed by atoms with Crippen molar-refractivity contribution in [1.29, 1.82) is 0 Å². The Hall–Kier alpha value is -1.14. The molecule has 13 heteroatoms. The van der Waals surface area contributed by atoms with Gasteiger partial charge in [0.2, 0.25) is 10.0 Å². The van der Waals surface area contributed by atoms with Gasteiger partial charge >= 0.3 is 24.2 Å². The molecule has 0 aromatic heterocycles. The number of hydrogen-bond acceptors (Lipinski definition) is 2. The Morgan fingerprint density at radius 3 is 1.88 bits per heavy atom. The van der Waals surface area contributed by atoms with Crippen LogP contribution in [0, 0.1) is 0 Å². The molecule has 1 aromatic rings. The molecule has 24 heavy (non-hydrogen) atoms. The molecular formula is C11H8ClF8NO2S. The third-order valence-electron chi connectivity index (χ3n) is 2.76. The lowest BCUT2D eigenvalue weighted by molar-refractivity contribution is -0.335. The van der Waals surface area contributed by atoms with Crippen molar-refractivity contribution >= 4 is 21.6 Å². The summed E-state index contributed by atoms with van der Waals surface area (Å²) in [4.78, 5) is -0.674. The van der Waals surface area contributed by atoms with Crippen LogP contribution in [0.4, 0.5) is 35.1 Å². The molecule has 0 aliphatic heterocycles. The minimum Gasteiger partial charge on any atom is -0.207 e. The number of hydrogen-bond donors (Lipinski definition) is 1. The first-order valence-electron chi connectivity index (χ1n) is 5.82. The lowest BCUT2D eigenvalue weighted by atomic mass is 10.1. The van der Waals surface area contributed by atoms with Gasteiger partial charge in [0.25, 0.3) is 0 Å². The average Bonchev–Trinajstić information content (AvgIpc) is 2.45. The molecule has 0 fully saturated rings. The van der Waals surface area contributed by atoms with E-state index in [4.69, 9.17) is 11.6 Å². The molecule has 0 aliphatic carbocycles. The standard InChI is InChI=1S/C11H8ClF8NO2S/c12-6-1-3-7(4-2-6)24(22,23)21-5-9(15,16)11(19,20)10(17,18)8(13)14/h1-4,8,21H,5H2. The summed E-state index contributed by atoms with van der Waals surface area (Å²) in [5.74, 6) is -18.6. The molecule has 0 radical (unpaired) electrons. The van der Waals surface area contributed by atoms with E-state index in [1.54, 1.807) is 0 Å². The molecule has 0 atom stereocenters. The van der Waals surface area contributed by atoms with Crippen molar-refractivity contribution in [2.24, 2.45) is 0 Å². The molecule has 0 spiro atoms. The van der Waals surface area contributed by atoms with Crippen molar-refractivity contribution in [2.75, 3.05) is 6.54 Å². The van der Waals surface area contributed by atoms with Crippen molar-refractivity contribution < 1.29 is 43.5 Å². The first-order chi connectivity index (χ1) is 10.6. The Morgan fingerprint density at radius 1 is 1.00 bits per heavy atom. The fraction of sp³-hybridized carbons (Fsp3) is 0.455. The molecule has 0 heterocycles. The summed E-state index contributed by atoms with van der Waals surface area (Å²) in [5.41, 5.74) is 0. The van der Waals surface area contributed by atoms with Gasteiger partial charge in [-0.25, -0.2) is 21.9 Å². The topological polar surface area (TPSA) is 46.2 Å². The Labute approximate surface area is 135 Å². The Balaban J connectivity index is 3.01. The van der Waals surface area contributed by atoms with Crippen molar-refractivity contribution in [3.63, 3.8) is 0 Å². The third kappa shape index (κ3) is 3.91. The summed E-state index contributed by atoms with van der Waals surface area (Å²) in [7, 11) is -4.79. The fourth-order valence-corrected chi connectivity index (χ4v) is 2.53. The van der Waals surface area contributed by atoms with Gasteiger partial charge in [-0.1, -0.05) is 11.6 Å². The zero-order valence-corrected chi connectivity index (χ0v) is 12.8. The van der Waals surface area contributed by atoms with E-state index in [1.165, 1.54) is 0 Å². The highest BCUT2D eigenvalue weighted by atomic mass is 35.5. The van der Waals surface area contributed by atoms with Crippen molar-refractivity contribution in [3.8, 4) is 0 Å². The predicted molar refractivity (Wildman–Crippen MR) is 67.5 cm³/mol. The number of nitrogens with one attached hydrogen (secondary N) is 1. The van der Waals surface area contributed by atoms with Gasteiger partial charge < -0.3 is 0 Å². The highest BCUT2D eigenvalue weighted by Crippen LogP contribution is 2.48. The Morgan fingerprint density at radius 2 is 1.46 bits per heavy atom. The van der Waals surface area contributed by atoms with E-state index in [0.29, 0.717) is 0 Å². The van der Waals surface area contributed by atoms with E-state index >= 15 is 0 Å². The summed E-state index contributed by atoms with van der Waals surface area (Å²) in [6.07, 6.45) is -5.08. The van der Waals surface area contributed by atoms with Gasteiger partial charge in [-0.3, -0.25) is 0 Å². The molecule has 0 saturated carbocycles. The maximum Gasteiger partial charge on any atom is 0.379 e. The second-order valence-corrected chi connectivity index (χ2v) is 6.68. The molecule has 1 aromatic carbocycles. The van der Waals surface area contributed by atoms with Gasteiger partial charge in [-0.05, 0) is 24.3 Å². The first-order valence-corrected chi connectivity index (χ1v) is 7.68. The first kappa shape index (κ1) is 20.9. The Kier molecular flexibility index (Phi) is 5.78. The largest absolute Gasteiger partial charge is 0.379 e. The molecule has 138 valence electrons. The van der Waals surface area contributed by atoms with E-state index in [9.17, 15) is 43.5 Å². The number of rotatable bonds is 7. The third-order valence-corrected chi connectivity index (χ3v) is 4.43. The summed E-state index contributed by atoms with van der Waals surface area (Å²) in [5, 5.41) is 0.0717. The summed E-state index contributed by atoms with van der Waals surface area (Å²) in [6.45, 7) is -2.52. The SMILES string of the molecule is O=S(=O)(NCC(F)(F)C(F)(F)C(F)(F)C(F)F)c1ccc(Cl)cc1. The predicted octanol–water partition coefficient (Wildman–Crippen LogP) is 3.79. The number of sulfonamides is 1. The van der Waals surface area contributed by atoms with Gasteiger partial charge in [-0.2, -0.15) is 26.3 Å². The van der Waals surface area contributed by atoms with Crippen LogP contribution in [0.3, 0.4) is 0 Å². The fourth-order valence-electron chi connectivity index (χ4n) is 1.37. The highest BCUT2D eigenvalue weighted by molar-refractivity contribution is 7.89. The molecule has 0 amide bonds. The summed E-state index contributed by atoms with van der Waals surface area (Å²) < 4.78 is 126. The van der Waals surface area contributed by atoms with Crippen LogP contribution in [0.15, 0.2) is 29.2 Å². The van der Waals surface area contributed by atoms with Crippen LogP contribution >= 0.6 is 11.6 Å². The molecule has 0 aliphatic rings. The summed E-state index contributed by atoms with van der Waals surface area (Å²) in [6, 6.07) is 3.73. The van der Waals surface area contributed by atoms with Gasteiger partial charge in [0.15, 0.2) is 0 Å². The maximum atomic E-state index is 13.3. The second kappa shape index (κ2) is 6.64. The molecule has 1 N–H and O–H groups in total. The van der Waals surface area contributed by atoms with Gasteiger partial charge in [0.05, 0.1) is 11.4 Å². The van der Waals surface area contributed by atoms with Crippen LogP contribution in [0.2, 0.25) is 5.02 Å². The van der Waals surface area contributed by atoms with Crippen molar-refractivity contribution in [2.45, 2.75) is 29.1 Å². The van der Waals surface area contributed by atoms with Crippen LogP contribution in [-0.4, -0.2) is 39.2 Å². The van der Waals surface area contributed by atoms with Crippen LogP contribution in [0.25, 0.3) is 0 Å². The quantitative estimate of drug-likeness (QED) is 0.702. The maximum absolute atomic E-state index is 13.3. The highest BCUT2D eigenvalue weighted by Gasteiger charge is 2.75. The average molecular weight is 406 g/mol. The molecule has 0 unspecified atom stereocenters. The zero-order chi connectivity index (χ0) is 19.0. The smallest absolute Gasteiger partial charge is 0.207 e. The molecule has 0 saturated heterocycles. The van der Waals surface area contributed by atoms with Crippen LogP contribution in [-0.2, 0) is 10.0 Å². The van der Waals surface area contributed by atoms with E-state index in [1.807, 2.05) is 0 Å².